The van der Waals surface area contributed by atoms with E-state index in [1.54, 1.807) is 24.3 Å². The molecule has 0 atom stereocenters. The van der Waals surface area contributed by atoms with Gasteiger partial charge in [0.25, 0.3) is 0 Å². The molecule has 1 aliphatic heterocycles. The van der Waals surface area contributed by atoms with E-state index in [9.17, 15) is 9.90 Å². The molecule has 0 bridgehead atoms. The Balaban J connectivity index is 0. The van der Waals surface area contributed by atoms with Gasteiger partial charge >= 0.3 is 13.1 Å². The molecule has 0 fully saturated rings. The van der Waals surface area contributed by atoms with Crippen LogP contribution < -0.4 is 5.46 Å². The Morgan fingerprint density at radius 2 is 0.810 bits per heavy atom. The average Bonchev–Trinajstić information content (AvgIpc) is 3.85. The summed E-state index contributed by atoms with van der Waals surface area (Å²) in [4.78, 5) is 15.6. The first kappa shape index (κ1) is 84.9. The molecular formula is C69H70BBr2O7Y5-5. The fourth-order valence-corrected chi connectivity index (χ4v) is 8.20. The van der Waals surface area contributed by atoms with Crippen molar-refractivity contribution in [3.05, 3.63) is 275 Å². The van der Waals surface area contributed by atoms with Crippen LogP contribution >= 0.6 is 31.9 Å². The van der Waals surface area contributed by atoms with Crippen LogP contribution in [0.3, 0.4) is 0 Å². The van der Waals surface area contributed by atoms with Gasteiger partial charge in [-0.3, -0.25) is 5.26 Å². The maximum atomic E-state index is 11.4. The first-order valence-electron chi connectivity index (χ1n) is 25.9. The molecule has 0 amide bonds. The minimum absolute atomic E-state index is 0. The summed E-state index contributed by atoms with van der Waals surface area (Å²) in [5, 5.41) is 35.3. The molecule has 0 unspecified atom stereocenters. The number of halogens is 2. The molecule has 1 aliphatic rings. The fraction of sp³-hybridized carbons (Fsp3) is 0.203. The minimum Gasteiger partial charge on any atom is -0.478 e. The first-order chi connectivity index (χ1) is 37.8. The van der Waals surface area contributed by atoms with E-state index in [1.807, 2.05) is 127 Å². The number of aromatic carboxylic acids is 1. The predicted molar refractivity (Wildman–Crippen MR) is 331 cm³/mol. The summed E-state index contributed by atoms with van der Waals surface area (Å²) < 4.78 is 7.79. The standard InChI is InChI=1S/C16H16O4.C16H16O.C14H12.C7H8BO2.2C7H6Br.C2H6.5Y/c1-10-3-5-13(12(7-10)9-20-19)14-6-4-11(2)8-15(14)16(17)18;1-11-3-5-15-13(7-11)9-17-10-14-8-12(2)4-6-16(14)15;1-11-3-7-13(8-4-11)14-9-5-12(2)6-10-14;1-6-2-4-7(5-3-6)8(9)10;2*1-6-2-4-7(8)5-3-6;1-2;;;;;/h3-8,19H,9H2,1-2H3,(H,17,18);3-8H,9-10H2,1-2H3;3-7,9H,1-2H3;2-4,9-10H,1H3;2*2-4H,1H3;1-2H3;;;;;/q;;-2;3*-1;;;;;;. The van der Waals surface area contributed by atoms with Crippen LogP contribution in [0.25, 0.3) is 33.4 Å². The smallest absolute Gasteiger partial charge is 0.462 e. The van der Waals surface area contributed by atoms with Gasteiger partial charge in [0.1, 0.15) is 6.61 Å². The van der Waals surface area contributed by atoms with Crippen molar-refractivity contribution in [3.63, 3.8) is 0 Å². The fourth-order valence-electron chi connectivity index (χ4n) is 7.71. The molecule has 425 valence electrons. The summed E-state index contributed by atoms with van der Waals surface area (Å²) in [6.07, 6.45) is 0. The monoisotopic (exact) mass is 1620 g/mol. The van der Waals surface area contributed by atoms with Gasteiger partial charge in [-0.25, -0.2) is 20.8 Å². The molecule has 0 aromatic heterocycles. The zero-order valence-corrected chi connectivity index (χ0v) is 67.3. The predicted octanol–water partition coefficient (Wildman–Crippen LogP) is 16.8. The van der Waals surface area contributed by atoms with E-state index >= 15 is 0 Å². The van der Waals surface area contributed by atoms with Gasteiger partial charge < -0.3 is 19.9 Å². The molecule has 9 aromatic carbocycles. The SMILES string of the molecule is CC.Cc1c[c-]c(-c2[c-]cc(C)cc2)cc1.Cc1c[c-]c(B(O)O)cc1.Cc1c[c-]c(Br)cc1.Cc1c[c-]c(Br)cc1.Cc1ccc(-c2ccc(C)cc2C(=O)O)c(COO)c1.Cc1ccc2c(c1)COCc1cc(C)ccc1-2.[Y].[Y].[Y].[Y].[Y]. The van der Waals surface area contributed by atoms with Gasteiger partial charge in [-0.05, 0) is 72.7 Å². The Morgan fingerprint density at radius 1 is 0.464 bits per heavy atom. The zero-order valence-electron chi connectivity index (χ0n) is 49.9. The third-order valence-corrected chi connectivity index (χ3v) is 12.8. The number of fused-ring (bicyclic) bond motifs is 3. The van der Waals surface area contributed by atoms with Crippen molar-refractivity contribution in [1.29, 1.82) is 0 Å². The number of carbonyl (C=O) groups is 1. The minimum atomic E-state index is -1.40. The number of rotatable bonds is 6. The topological polar surface area (TPSA) is 116 Å². The normalized spacial score (nSPS) is 9.95. The molecule has 1 heterocycles. The Kier molecular flexibility index (Phi) is 46.4. The Bertz CT molecular complexity index is 3110. The zero-order chi connectivity index (χ0) is 58.0. The quantitative estimate of drug-likeness (QED) is 0.0567. The van der Waals surface area contributed by atoms with Crippen molar-refractivity contribution in [3.8, 4) is 33.4 Å². The van der Waals surface area contributed by atoms with E-state index in [-0.39, 0.29) is 176 Å². The van der Waals surface area contributed by atoms with E-state index in [2.05, 4.69) is 155 Å². The maximum Gasteiger partial charge on any atom is 0.462 e. The van der Waals surface area contributed by atoms with Gasteiger partial charge in [0.15, 0.2) is 0 Å². The van der Waals surface area contributed by atoms with E-state index in [4.69, 9.17) is 20.0 Å². The van der Waals surface area contributed by atoms with Crippen molar-refractivity contribution in [1.82, 2.24) is 0 Å². The number of hydrogen-bond donors (Lipinski definition) is 4. The summed E-state index contributed by atoms with van der Waals surface area (Å²) in [7, 11) is -1.40. The van der Waals surface area contributed by atoms with Crippen LogP contribution in [0.5, 0.6) is 0 Å². The summed E-state index contributed by atoms with van der Waals surface area (Å²) in [5.74, 6) is -0.972. The second kappa shape index (κ2) is 46.0. The second-order valence-corrected chi connectivity index (χ2v) is 20.5. The van der Waals surface area contributed by atoms with Gasteiger partial charge in [-0.2, -0.15) is 138 Å². The summed E-state index contributed by atoms with van der Waals surface area (Å²) in [6, 6.07) is 68.9. The second-order valence-electron chi connectivity index (χ2n) is 18.8. The van der Waals surface area contributed by atoms with Crippen LogP contribution in [0.2, 0.25) is 0 Å². The molecule has 9 aromatic rings. The molecular weight excluding hydrogens is 1560 g/mol. The Labute approximate surface area is 643 Å². The van der Waals surface area contributed by atoms with Gasteiger partial charge in [-0.1, -0.05) is 178 Å². The molecule has 15 heteroatoms. The maximum absolute atomic E-state index is 11.4. The van der Waals surface area contributed by atoms with E-state index in [0.29, 0.717) is 24.2 Å². The molecule has 0 saturated heterocycles. The number of carboxylic acids is 1. The summed E-state index contributed by atoms with van der Waals surface area (Å²) >= 11 is 6.58. The molecule has 84 heavy (non-hydrogen) atoms. The molecule has 5 radical (unpaired) electrons. The molecule has 7 nitrogen and oxygen atoms in total. The van der Waals surface area contributed by atoms with Crippen LogP contribution in [-0.2, 0) is 193 Å². The van der Waals surface area contributed by atoms with Crippen LogP contribution in [-0.4, -0.2) is 33.5 Å². The largest absolute Gasteiger partial charge is 0.478 e. The molecule has 0 saturated carbocycles. The molecule has 10 rings (SSSR count). The van der Waals surface area contributed by atoms with Crippen molar-refractivity contribution >= 4 is 50.4 Å². The van der Waals surface area contributed by atoms with Gasteiger partial charge in [0.05, 0.1) is 18.8 Å². The van der Waals surface area contributed by atoms with Crippen molar-refractivity contribution in [2.24, 2.45) is 0 Å². The summed E-state index contributed by atoms with van der Waals surface area (Å²) in [6.45, 7) is 23.6. The number of benzene rings is 9. The van der Waals surface area contributed by atoms with Gasteiger partial charge in [0, 0.05) is 164 Å². The number of hydrogen-bond acceptors (Lipinski definition) is 6. The van der Waals surface area contributed by atoms with Crippen LogP contribution in [0.15, 0.2) is 173 Å². The Morgan fingerprint density at radius 3 is 1.14 bits per heavy atom. The van der Waals surface area contributed by atoms with Crippen molar-refractivity contribution in [2.75, 3.05) is 0 Å². The van der Waals surface area contributed by atoms with E-state index in [0.717, 1.165) is 47.9 Å². The van der Waals surface area contributed by atoms with E-state index < -0.39 is 13.1 Å². The van der Waals surface area contributed by atoms with Crippen LogP contribution in [0.4, 0.5) is 0 Å². The van der Waals surface area contributed by atoms with Gasteiger partial charge in [-0.15, -0.1) is 16.6 Å². The number of ether oxygens (including phenoxy) is 1. The summed E-state index contributed by atoms with van der Waals surface area (Å²) in [5.41, 5.74) is 20.7. The third kappa shape index (κ3) is 30.5. The van der Waals surface area contributed by atoms with E-state index in [1.165, 1.54) is 55.6 Å². The third-order valence-electron chi connectivity index (χ3n) is 11.9. The van der Waals surface area contributed by atoms with Crippen LogP contribution in [0.1, 0.15) is 91.0 Å². The number of carboxylic acid groups (broad SMARTS) is 1. The van der Waals surface area contributed by atoms with Crippen LogP contribution in [0, 0.1) is 92.6 Å². The Hall–Kier alpha value is -1.21. The van der Waals surface area contributed by atoms with Crippen molar-refractivity contribution in [2.45, 2.75) is 96.0 Å². The number of aryl methyl sites for hydroxylation is 9. The molecule has 0 aliphatic carbocycles. The van der Waals surface area contributed by atoms with Crippen molar-refractivity contribution < 1.29 is 198 Å². The average molecular weight is 1630 g/mol. The molecule has 4 N–H and O–H groups in total. The first-order valence-corrected chi connectivity index (χ1v) is 27.4. The molecule has 0 spiro atoms. The van der Waals surface area contributed by atoms with Gasteiger partial charge in [0.2, 0.25) is 0 Å².